The zero-order valence-electron chi connectivity index (χ0n) is 18.8. The van der Waals surface area contributed by atoms with Gasteiger partial charge in [-0.1, -0.05) is 30.0 Å². The van der Waals surface area contributed by atoms with Crippen LogP contribution in [0.4, 0.5) is 5.95 Å². The van der Waals surface area contributed by atoms with E-state index in [4.69, 9.17) is 15.0 Å². The maximum atomic E-state index is 11.1. The Bertz CT molecular complexity index is 1200. The van der Waals surface area contributed by atoms with Gasteiger partial charge in [-0.2, -0.15) is 10.2 Å². The SMILES string of the molecule is N#Cc1ccc(Sc2cnc(N3CCN(C4CC4)CC3)nc2OCc2cccc(C=O)c2)cc1. The Balaban J connectivity index is 1.36. The van der Waals surface area contributed by atoms with Crippen LogP contribution < -0.4 is 9.64 Å². The van der Waals surface area contributed by atoms with Crippen molar-refractivity contribution in [3.63, 3.8) is 0 Å². The minimum atomic E-state index is 0.300. The van der Waals surface area contributed by atoms with Crippen LogP contribution >= 0.6 is 11.8 Å². The maximum Gasteiger partial charge on any atom is 0.232 e. The number of nitriles is 1. The van der Waals surface area contributed by atoms with Crippen LogP contribution in [0.3, 0.4) is 0 Å². The summed E-state index contributed by atoms with van der Waals surface area (Å²) in [6.45, 7) is 4.17. The third-order valence-corrected chi connectivity index (χ3v) is 7.05. The predicted molar refractivity (Wildman–Crippen MR) is 130 cm³/mol. The van der Waals surface area contributed by atoms with E-state index in [1.807, 2.05) is 36.5 Å². The van der Waals surface area contributed by atoms with Crippen molar-refractivity contribution in [1.29, 1.82) is 5.26 Å². The van der Waals surface area contributed by atoms with E-state index in [0.717, 1.165) is 53.9 Å². The quantitative estimate of drug-likeness (QED) is 0.453. The van der Waals surface area contributed by atoms with Crippen molar-refractivity contribution in [3.8, 4) is 11.9 Å². The lowest BCUT2D eigenvalue weighted by molar-refractivity contribution is 0.112. The molecule has 34 heavy (non-hydrogen) atoms. The number of carbonyl (C=O) groups is 1. The molecule has 0 amide bonds. The molecule has 7 nitrogen and oxygen atoms in total. The van der Waals surface area contributed by atoms with Crippen LogP contribution in [0.25, 0.3) is 0 Å². The first kappa shape index (κ1) is 22.4. The average Bonchev–Trinajstić information content (AvgIpc) is 3.74. The van der Waals surface area contributed by atoms with E-state index < -0.39 is 0 Å². The van der Waals surface area contributed by atoms with Crippen LogP contribution in [0.5, 0.6) is 5.88 Å². The maximum absolute atomic E-state index is 11.1. The van der Waals surface area contributed by atoms with Gasteiger partial charge in [0.1, 0.15) is 12.9 Å². The average molecular weight is 472 g/mol. The number of carbonyl (C=O) groups excluding carboxylic acids is 1. The Hall–Kier alpha value is -3.41. The zero-order valence-corrected chi connectivity index (χ0v) is 19.6. The number of piperazine rings is 1. The van der Waals surface area contributed by atoms with Gasteiger partial charge in [0.25, 0.3) is 0 Å². The molecule has 3 aromatic rings. The van der Waals surface area contributed by atoms with Crippen LogP contribution in [0, 0.1) is 11.3 Å². The molecule has 5 rings (SSSR count). The van der Waals surface area contributed by atoms with Gasteiger partial charge in [0, 0.05) is 42.7 Å². The van der Waals surface area contributed by atoms with Gasteiger partial charge in [0.2, 0.25) is 11.8 Å². The second-order valence-electron chi connectivity index (χ2n) is 8.48. The topological polar surface area (TPSA) is 82.3 Å². The molecular formula is C26H25N5O2S. The van der Waals surface area contributed by atoms with Crippen LogP contribution in [0.15, 0.2) is 64.5 Å². The minimum Gasteiger partial charge on any atom is -0.472 e. The van der Waals surface area contributed by atoms with E-state index in [1.54, 1.807) is 18.2 Å². The smallest absolute Gasteiger partial charge is 0.232 e. The molecule has 0 unspecified atom stereocenters. The van der Waals surface area contributed by atoms with Gasteiger partial charge in [0.15, 0.2) is 0 Å². The highest BCUT2D eigenvalue weighted by Gasteiger charge is 2.31. The fourth-order valence-electron chi connectivity index (χ4n) is 4.03. The number of hydrogen-bond acceptors (Lipinski definition) is 8. The molecule has 8 heteroatoms. The number of anilines is 1. The van der Waals surface area contributed by atoms with Gasteiger partial charge in [-0.3, -0.25) is 9.69 Å². The van der Waals surface area contributed by atoms with Crippen molar-refractivity contribution in [3.05, 3.63) is 71.4 Å². The van der Waals surface area contributed by atoms with Crippen molar-refractivity contribution in [1.82, 2.24) is 14.9 Å². The Kier molecular flexibility index (Phi) is 6.74. The lowest BCUT2D eigenvalue weighted by atomic mass is 10.1. The molecule has 1 saturated carbocycles. The highest BCUT2D eigenvalue weighted by atomic mass is 32.2. The number of nitrogens with zero attached hydrogens (tertiary/aromatic N) is 5. The number of benzene rings is 2. The van der Waals surface area contributed by atoms with E-state index in [1.165, 1.54) is 24.6 Å². The van der Waals surface area contributed by atoms with Crippen molar-refractivity contribution in [2.24, 2.45) is 0 Å². The molecule has 1 aromatic heterocycles. The van der Waals surface area contributed by atoms with E-state index in [2.05, 4.69) is 20.9 Å². The number of ether oxygens (including phenoxy) is 1. The summed E-state index contributed by atoms with van der Waals surface area (Å²) < 4.78 is 6.16. The van der Waals surface area contributed by atoms with Gasteiger partial charge in [0.05, 0.1) is 22.7 Å². The van der Waals surface area contributed by atoms with Crippen molar-refractivity contribution < 1.29 is 9.53 Å². The Morgan fingerprint density at radius 3 is 2.62 bits per heavy atom. The van der Waals surface area contributed by atoms with Crippen LogP contribution in [0.2, 0.25) is 0 Å². The molecule has 0 radical (unpaired) electrons. The summed E-state index contributed by atoms with van der Waals surface area (Å²) in [6, 6.07) is 17.7. The molecule has 1 saturated heterocycles. The van der Waals surface area contributed by atoms with Gasteiger partial charge < -0.3 is 9.64 Å². The fourth-order valence-corrected chi connectivity index (χ4v) is 4.85. The minimum absolute atomic E-state index is 0.300. The van der Waals surface area contributed by atoms with Crippen molar-refractivity contribution >= 4 is 24.0 Å². The number of aldehydes is 1. The van der Waals surface area contributed by atoms with Gasteiger partial charge in [-0.05, 0) is 48.7 Å². The van der Waals surface area contributed by atoms with Gasteiger partial charge >= 0.3 is 0 Å². The summed E-state index contributed by atoms with van der Waals surface area (Å²) in [5.74, 6) is 1.19. The molecule has 0 atom stereocenters. The number of hydrogen-bond donors (Lipinski definition) is 0. The van der Waals surface area contributed by atoms with E-state index >= 15 is 0 Å². The monoisotopic (exact) mass is 471 g/mol. The lowest BCUT2D eigenvalue weighted by Gasteiger charge is -2.34. The van der Waals surface area contributed by atoms with E-state index in [0.29, 0.717) is 29.6 Å². The van der Waals surface area contributed by atoms with E-state index in [9.17, 15) is 4.79 Å². The molecule has 2 aromatic carbocycles. The van der Waals surface area contributed by atoms with Crippen molar-refractivity contribution in [2.75, 3.05) is 31.1 Å². The normalized spacial score (nSPS) is 16.1. The predicted octanol–water partition coefficient (Wildman–Crippen LogP) is 4.18. The van der Waals surface area contributed by atoms with E-state index in [-0.39, 0.29) is 0 Å². The number of aromatic nitrogens is 2. The molecular weight excluding hydrogens is 446 g/mol. The molecule has 1 aliphatic heterocycles. The molecule has 0 bridgehead atoms. The highest BCUT2D eigenvalue weighted by Crippen LogP contribution is 2.35. The summed E-state index contributed by atoms with van der Waals surface area (Å²) in [5, 5.41) is 9.06. The largest absolute Gasteiger partial charge is 0.472 e. The summed E-state index contributed by atoms with van der Waals surface area (Å²) in [7, 11) is 0. The summed E-state index contributed by atoms with van der Waals surface area (Å²) in [5.41, 5.74) is 2.13. The zero-order chi connectivity index (χ0) is 23.3. The summed E-state index contributed by atoms with van der Waals surface area (Å²) in [4.78, 5) is 27.1. The van der Waals surface area contributed by atoms with Gasteiger partial charge in [-0.25, -0.2) is 4.98 Å². The summed E-state index contributed by atoms with van der Waals surface area (Å²) >= 11 is 1.50. The standard InChI is InChI=1S/C26H25N5O2S/c27-15-19-4-8-23(9-5-19)34-24-16-28-26(31-12-10-30(11-13-31)22-6-7-22)29-25(24)33-18-21-3-1-2-20(14-21)17-32/h1-5,8-9,14,16-17,22H,6-7,10-13,18H2. The first-order chi connectivity index (χ1) is 16.7. The highest BCUT2D eigenvalue weighted by molar-refractivity contribution is 7.99. The lowest BCUT2D eigenvalue weighted by Crippen LogP contribution is -2.47. The molecule has 172 valence electrons. The fraction of sp³-hybridized carbons (Fsp3) is 0.308. The first-order valence-corrected chi connectivity index (χ1v) is 12.2. The van der Waals surface area contributed by atoms with Gasteiger partial charge in [-0.15, -0.1) is 0 Å². The second-order valence-corrected chi connectivity index (χ2v) is 9.60. The van der Waals surface area contributed by atoms with Crippen LogP contribution in [0.1, 0.15) is 34.3 Å². The molecule has 2 fully saturated rings. The second kappa shape index (κ2) is 10.2. The number of rotatable bonds is 8. The Labute approximate surface area is 203 Å². The Morgan fingerprint density at radius 2 is 1.91 bits per heavy atom. The van der Waals surface area contributed by atoms with Crippen LogP contribution in [-0.4, -0.2) is 53.4 Å². The molecule has 2 heterocycles. The molecule has 2 aliphatic rings. The molecule has 1 aliphatic carbocycles. The van der Waals surface area contributed by atoms with Crippen LogP contribution in [-0.2, 0) is 6.61 Å². The summed E-state index contributed by atoms with van der Waals surface area (Å²) in [6.07, 6.45) is 5.29. The molecule has 0 N–H and O–H groups in total. The molecule has 0 spiro atoms. The Morgan fingerprint density at radius 1 is 1.12 bits per heavy atom. The first-order valence-electron chi connectivity index (χ1n) is 11.4. The third-order valence-electron chi connectivity index (χ3n) is 6.04. The third kappa shape index (κ3) is 5.38. The van der Waals surface area contributed by atoms with Crippen molar-refractivity contribution in [2.45, 2.75) is 35.3 Å².